The topological polar surface area (TPSA) is 85.0 Å². The zero-order valence-corrected chi connectivity index (χ0v) is 16.8. The summed E-state index contributed by atoms with van der Waals surface area (Å²) in [6, 6.07) is 13.2. The summed E-state index contributed by atoms with van der Waals surface area (Å²) in [5.41, 5.74) is 1.93. The molecule has 1 aromatic heterocycles. The van der Waals surface area contributed by atoms with Gasteiger partial charge in [0, 0.05) is 31.2 Å². The van der Waals surface area contributed by atoms with Crippen molar-refractivity contribution in [3.8, 4) is 22.9 Å². The van der Waals surface area contributed by atoms with Crippen LogP contribution in [0.2, 0.25) is 5.02 Å². The first kappa shape index (κ1) is 19.1. The molecule has 0 aliphatic carbocycles. The Morgan fingerprint density at radius 2 is 1.97 bits per heavy atom. The van der Waals surface area contributed by atoms with E-state index in [1.165, 1.54) is 0 Å². The molecule has 2 heterocycles. The summed E-state index contributed by atoms with van der Waals surface area (Å²) in [6.45, 7) is 1.27. The van der Waals surface area contributed by atoms with Gasteiger partial charge in [0.2, 0.25) is 18.5 Å². The highest BCUT2D eigenvalue weighted by atomic mass is 35.5. The number of benzene rings is 2. The molecule has 2 aromatic carbocycles. The van der Waals surface area contributed by atoms with E-state index in [1.807, 2.05) is 42.3 Å². The molecular formula is C20H20ClN5O3. The van der Waals surface area contributed by atoms with Crippen LogP contribution in [-0.2, 0) is 13.1 Å². The highest BCUT2D eigenvalue weighted by molar-refractivity contribution is 6.30. The molecule has 1 aliphatic rings. The highest BCUT2D eigenvalue weighted by Crippen LogP contribution is 2.32. The Bertz CT molecular complexity index is 1020. The van der Waals surface area contributed by atoms with Gasteiger partial charge in [-0.25, -0.2) is 0 Å². The monoisotopic (exact) mass is 413 g/mol. The van der Waals surface area contributed by atoms with Gasteiger partial charge in [-0.2, -0.15) is 4.98 Å². The van der Waals surface area contributed by atoms with E-state index in [1.54, 1.807) is 19.2 Å². The van der Waals surface area contributed by atoms with E-state index in [2.05, 4.69) is 20.4 Å². The zero-order chi connectivity index (χ0) is 20.2. The van der Waals surface area contributed by atoms with Gasteiger partial charge in [0.15, 0.2) is 17.5 Å². The van der Waals surface area contributed by atoms with Gasteiger partial charge in [-0.15, -0.1) is 0 Å². The third kappa shape index (κ3) is 4.43. The second kappa shape index (κ2) is 8.40. The van der Waals surface area contributed by atoms with Crippen LogP contribution in [0.5, 0.6) is 11.5 Å². The number of halogens is 1. The van der Waals surface area contributed by atoms with E-state index in [0.29, 0.717) is 35.8 Å². The van der Waals surface area contributed by atoms with Gasteiger partial charge in [-0.05, 0) is 42.0 Å². The van der Waals surface area contributed by atoms with E-state index in [0.717, 1.165) is 22.6 Å². The van der Waals surface area contributed by atoms with Crippen molar-refractivity contribution in [2.45, 2.75) is 13.1 Å². The van der Waals surface area contributed by atoms with Crippen LogP contribution in [-0.4, -0.2) is 41.9 Å². The summed E-state index contributed by atoms with van der Waals surface area (Å²) in [7, 11) is 3.68. The molecule has 4 rings (SSSR count). The molecule has 0 radical (unpaired) electrons. The number of hydrogen-bond acceptors (Lipinski definition) is 6. The summed E-state index contributed by atoms with van der Waals surface area (Å²) < 4.78 is 16.1. The van der Waals surface area contributed by atoms with Crippen LogP contribution in [0.25, 0.3) is 11.4 Å². The average molecular weight is 414 g/mol. The Balaban J connectivity index is 1.36. The number of hydrogen-bond donors (Lipinski definition) is 1. The molecule has 1 N–H and O–H groups in total. The number of guanidine groups is 1. The number of aromatic nitrogens is 2. The quantitative estimate of drug-likeness (QED) is 0.507. The second-order valence-electron chi connectivity index (χ2n) is 6.46. The van der Waals surface area contributed by atoms with Gasteiger partial charge in [0.05, 0.1) is 6.54 Å². The van der Waals surface area contributed by atoms with Gasteiger partial charge >= 0.3 is 0 Å². The number of nitrogens with one attached hydrogen (secondary N) is 1. The highest BCUT2D eigenvalue weighted by Gasteiger charge is 2.15. The molecule has 0 spiro atoms. The van der Waals surface area contributed by atoms with Crippen molar-refractivity contribution in [3.63, 3.8) is 0 Å². The molecule has 150 valence electrons. The molecule has 0 unspecified atom stereocenters. The zero-order valence-electron chi connectivity index (χ0n) is 16.1. The molecule has 0 saturated carbocycles. The molecular weight excluding hydrogens is 394 g/mol. The van der Waals surface area contributed by atoms with E-state index < -0.39 is 0 Å². The minimum Gasteiger partial charge on any atom is -0.454 e. The lowest BCUT2D eigenvalue weighted by Crippen LogP contribution is -2.38. The van der Waals surface area contributed by atoms with Crippen molar-refractivity contribution < 1.29 is 14.0 Å². The molecule has 8 nitrogen and oxygen atoms in total. The number of fused-ring (bicyclic) bond motifs is 1. The smallest absolute Gasteiger partial charge is 0.246 e. The van der Waals surface area contributed by atoms with Crippen molar-refractivity contribution >= 4 is 17.6 Å². The van der Waals surface area contributed by atoms with Gasteiger partial charge in [-0.3, -0.25) is 4.99 Å². The lowest BCUT2D eigenvalue weighted by atomic mass is 10.2. The van der Waals surface area contributed by atoms with Crippen molar-refractivity contribution in [3.05, 3.63) is 58.9 Å². The molecule has 9 heteroatoms. The van der Waals surface area contributed by atoms with Crippen molar-refractivity contribution in [1.82, 2.24) is 20.4 Å². The maximum Gasteiger partial charge on any atom is 0.246 e. The fraction of sp³-hybridized carbons (Fsp3) is 0.250. The Labute approximate surface area is 173 Å². The van der Waals surface area contributed by atoms with E-state index in [-0.39, 0.29) is 6.79 Å². The third-order valence-electron chi connectivity index (χ3n) is 4.40. The summed E-state index contributed by atoms with van der Waals surface area (Å²) in [5.74, 6) is 3.22. The Kier molecular flexibility index (Phi) is 5.53. The molecule has 1 aliphatic heterocycles. The molecule has 0 bridgehead atoms. The Morgan fingerprint density at radius 3 is 2.76 bits per heavy atom. The maximum atomic E-state index is 5.91. The van der Waals surface area contributed by atoms with E-state index in [9.17, 15) is 0 Å². The Morgan fingerprint density at radius 1 is 1.17 bits per heavy atom. The summed E-state index contributed by atoms with van der Waals surface area (Å²) >= 11 is 5.91. The van der Waals surface area contributed by atoms with Gasteiger partial charge in [-0.1, -0.05) is 22.8 Å². The molecule has 0 atom stereocenters. The first-order chi connectivity index (χ1) is 14.1. The predicted molar refractivity (Wildman–Crippen MR) is 109 cm³/mol. The molecule has 0 saturated heterocycles. The number of nitrogens with zero attached hydrogens (tertiary/aromatic N) is 4. The standard InChI is InChI=1S/C20H20ClN5O3/c1-22-20(26(2)11-13-3-8-16-17(9-13)28-12-27-16)23-10-18-24-19(25-29-18)14-4-6-15(21)7-5-14/h3-9H,10-12H2,1-2H3,(H,22,23). The number of ether oxygens (including phenoxy) is 2. The number of rotatable bonds is 5. The fourth-order valence-electron chi connectivity index (χ4n) is 2.97. The first-order valence-corrected chi connectivity index (χ1v) is 9.39. The van der Waals surface area contributed by atoms with Crippen molar-refractivity contribution in [2.75, 3.05) is 20.9 Å². The van der Waals surface area contributed by atoms with Crippen LogP contribution in [0.1, 0.15) is 11.5 Å². The Hall–Kier alpha value is -3.26. The van der Waals surface area contributed by atoms with E-state index in [4.69, 9.17) is 25.6 Å². The summed E-state index contributed by atoms with van der Waals surface area (Å²) in [6.07, 6.45) is 0. The lowest BCUT2D eigenvalue weighted by molar-refractivity contribution is 0.174. The van der Waals surface area contributed by atoms with E-state index >= 15 is 0 Å². The van der Waals surface area contributed by atoms with Gasteiger partial charge in [0.1, 0.15) is 0 Å². The van der Waals surface area contributed by atoms with Crippen LogP contribution < -0.4 is 14.8 Å². The van der Waals surface area contributed by atoms with Crippen LogP contribution in [0.4, 0.5) is 0 Å². The van der Waals surface area contributed by atoms with Crippen LogP contribution in [0, 0.1) is 0 Å². The molecule has 0 amide bonds. The molecule has 0 fully saturated rings. The van der Waals surface area contributed by atoms with Crippen LogP contribution >= 0.6 is 11.6 Å². The van der Waals surface area contributed by atoms with Gasteiger partial charge in [0.25, 0.3) is 0 Å². The lowest BCUT2D eigenvalue weighted by Gasteiger charge is -2.21. The first-order valence-electron chi connectivity index (χ1n) is 9.01. The molecule has 3 aromatic rings. The minimum absolute atomic E-state index is 0.264. The summed E-state index contributed by atoms with van der Waals surface area (Å²) in [4.78, 5) is 10.7. The molecule has 29 heavy (non-hydrogen) atoms. The van der Waals surface area contributed by atoms with Crippen molar-refractivity contribution in [1.29, 1.82) is 0 Å². The fourth-order valence-corrected chi connectivity index (χ4v) is 3.10. The predicted octanol–water partition coefficient (Wildman–Crippen LogP) is 3.33. The van der Waals surface area contributed by atoms with Crippen molar-refractivity contribution in [2.24, 2.45) is 4.99 Å². The average Bonchev–Trinajstić information content (AvgIpc) is 3.38. The normalized spacial score (nSPS) is 12.9. The maximum absolute atomic E-state index is 5.91. The second-order valence-corrected chi connectivity index (χ2v) is 6.90. The van der Waals surface area contributed by atoms with Gasteiger partial charge < -0.3 is 24.2 Å². The van der Waals surface area contributed by atoms with Crippen LogP contribution in [0.3, 0.4) is 0 Å². The SMILES string of the molecule is CN=C(NCc1nc(-c2ccc(Cl)cc2)no1)N(C)Cc1ccc2c(c1)OCO2. The minimum atomic E-state index is 0.264. The largest absolute Gasteiger partial charge is 0.454 e. The number of aliphatic imine (C=N–C) groups is 1. The summed E-state index contributed by atoms with van der Waals surface area (Å²) in [5, 5.41) is 7.91. The third-order valence-corrected chi connectivity index (χ3v) is 4.65. The van der Waals surface area contributed by atoms with Crippen LogP contribution in [0.15, 0.2) is 52.0 Å².